The number of carbonyl (C=O) groups is 1. The Morgan fingerprint density at radius 2 is 1.96 bits per heavy atom. The van der Waals surface area contributed by atoms with E-state index in [0.29, 0.717) is 6.04 Å². The molecule has 140 valence electrons. The fourth-order valence-electron chi connectivity index (χ4n) is 3.70. The highest BCUT2D eigenvalue weighted by Gasteiger charge is 2.22. The molecule has 0 spiro atoms. The molecule has 3 aromatic rings. The summed E-state index contributed by atoms with van der Waals surface area (Å²) in [5.74, 6) is 0.844. The maximum atomic E-state index is 12.6. The fraction of sp³-hybridized carbons (Fsp3) is 0.381. The maximum absolute atomic E-state index is 12.6. The zero-order valence-corrected chi connectivity index (χ0v) is 16.3. The van der Waals surface area contributed by atoms with Crippen molar-refractivity contribution >= 4 is 33.3 Å². The maximum Gasteiger partial charge on any atom is 0.241 e. The van der Waals surface area contributed by atoms with E-state index in [4.69, 9.17) is 0 Å². The zero-order chi connectivity index (χ0) is 18.6. The third kappa shape index (κ3) is 3.95. The number of nitrogens with zero attached hydrogens (tertiary/aromatic N) is 3. The van der Waals surface area contributed by atoms with Gasteiger partial charge in [-0.05, 0) is 24.5 Å². The Labute approximate surface area is 163 Å². The van der Waals surface area contributed by atoms with E-state index in [0.717, 1.165) is 33.8 Å². The van der Waals surface area contributed by atoms with Crippen molar-refractivity contribution in [3.05, 3.63) is 42.7 Å². The van der Waals surface area contributed by atoms with Gasteiger partial charge in [0.15, 0.2) is 0 Å². The Hall–Kier alpha value is -2.47. The van der Waals surface area contributed by atoms with E-state index >= 15 is 0 Å². The molecule has 0 unspecified atom stereocenters. The molecule has 2 heterocycles. The van der Waals surface area contributed by atoms with Gasteiger partial charge in [0, 0.05) is 18.0 Å². The van der Waals surface area contributed by atoms with Gasteiger partial charge in [-0.2, -0.15) is 0 Å². The molecule has 0 saturated heterocycles. The average Bonchev–Trinajstić information content (AvgIpc) is 3.18. The number of hydrogen-bond acceptors (Lipinski definition) is 5. The van der Waals surface area contributed by atoms with E-state index in [2.05, 4.69) is 33.5 Å². The molecule has 1 aliphatic carbocycles. The molecule has 0 atom stereocenters. The molecule has 0 radical (unpaired) electrons. The van der Waals surface area contributed by atoms with Crippen molar-refractivity contribution in [2.45, 2.75) is 38.1 Å². The Bertz CT molecular complexity index is 918. The van der Waals surface area contributed by atoms with Gasteiger partial charge in [-0.25, -0.2) is 9.97 Å². The van der Waals surface area contributed by atoms with Gasteiger partial charge in [-0.15, -0.1) is 11.3 Å². The van der Waals surface area contributed by atoms with Crippen molar-refractivity contribution in [3.63, 3.8) is 0 Å². The van der Waals surface area contributed by atoms with E-state index in [9.17, 15) is 4.79 Å². The molecular weight excluding hydrogens is 356 g/mol. The molecule has 0 aliphatic heterocycles. The Morgan fingerprint density at radius 1 is 1.19 bits per heavy atom. The van der Waals surface area contributed by atoms with Crippen LogP contribution >= 0.6 is 11.3 Å². The van der Waals surface area contributed by atoms with Crippen LogP contribution in [-0.2, 0) is 4.79 Å². The molecule has 1 fully saturated rings. The number of fused-ring (bicyclic) bond motifs is 1. The van der Waals surface area contributed by atoms with E-state index in [1.165, 1.54) is 24.8 Å². The largest absolute Gasteiger partial charge is 0.360 e. The number of hydrogen-bond donors (Lipinski definition) is 1. The molecule has 1 N–H and O–H groups in total. The number of nitrogens with one attached hydrogen (secondary N) is 1. The van der Waals surface area contributed by atoms with Crippen LogP contribution in [0.15, 0.2) is 42.7 Å². The van der Waals surface area contributed by atoms with Gasteiger partial charge in [-0.1, -0.05) is 49.6 Å². The number of likely N-dealkylation sites (N-methyl/N-ethyl adjacent to an activating group) is 1. The summed E-state index contributed by atoms with van der Waals surface area (Å²) in [5.41, 5.74) is 1.17. The Morgan fingerprint density at radius 3 is 2.74 bits per heavy atom. The lowest BCUT2D eigenvalue weighted by Gasteiger charge is -2.31. The number of rotatable bonds is 5. The van der Waals surface area contributed by atoms with Gasteiger partial charge >= 0.3 is 0 Å². The molecule has 0 bridgehead atoms. The van der Waals surface area contributed by atoms with Crippen LogP contribution in [0.2, 0.25) is 0 Å². The fourth-order valence-corrected chi connectivity index (χ4v) is 4.70. The number of anilines is 1. The Balaban J connectivity index is 1.48. The second-order valence-corrected chi connectivity index (χ2v) is 8.10. The summed E-state index contributed by atoms with van der Waals surface area (Å²) in [5, 5.41) is 4.20. The summed E-state index contributed by atoms with van der Waals surface area (Å²) in [7, 11) is 1.92. The quantitative estimate of drug-likeness (QED) is 0.705. The third-order valence-corrected chi connectivity index (χ3v) is 6.40. The molecule has 2 aromatic heterocycles. The molecule has 1 aromatic carbocycles. The van der Waals surface area contributed by atoms with Crippen molar-refractivity contribution in [1.29, 1.82) is 0 Å². The normalized spacial score (nSPS) is 15.0. The minimum Gasteiger partial charge on any atom is -0.360 e. The SMILES string of the molecule is CN(C(=O)CNc1ncnc2sc(-c3ccccc3)cc12)C1CCCCC1. The first-order valence-electron chi connectivity index (χ1n) is 9.52. The lowest BCUT2D eigenvalue weighted by atomic mass is 9.94. The highest BCUT2D eigenvalue weighted by Crippen LogP contribution is 2.34. The molecule has 1 amide bonds. The van der Waals surface area contributed by atoms with Crippen LogP contribution < -0.4 is 5.32 Å². The van der Waals surface area contributed by atoms with Crippen LogP contribution in [-0.4, -0.2) is 40.4 Å². The summed E-state index contributed by atoms with van der Waals surface area (Å²) < 4.78 is 0. The van der Waals surface area contributed by atoms with Crippen LogP contribution in [0, 0.1) is 0 Å². The molecule has 6 heteroatoms. The van der Waals surface area contributed by atoms with Crippen molar-refractivity contribution in [2.75, 3.05) is 18.9 Å². The van der Waals surface area contributed by atoms with Crippen molar-refractivity contribution in [1.82, 2.24) is 14.9 Å². The predicted octanol–water partition coefficient (Wildman–Crippen LogP) is 4.56. The van der Waals surface area contributed by atoms with Crippen LogP contribution in [0.25, 0.3) is 20.7 Å². The van der Waals surface area contributed by atoms with Gasteiger partial charge in [0.25, 0.3) is 0 Å². The van der Waals surface area contributed by atoms with Gasteiger partial charge in [0.1, 0.15) is 17.0 Å². The highest BCUT2D eigenvalue weighted by atomic mass is 32.1. The monoisotopic (exact) mass is 380 g/mol. The molecule has 1 saturated carbocycles. The summed E-state index contributed by atoms with van der Waals surface area (Å²) in [4.78, 5) is 25.4. The molecule has 27 heavy (non-hydrogen) atoms. The number of amides is 1. The average molecular weight is 381 g/mol. The van der Waals surface area contributed by atoms with E-state index < -0.39 is 0 Å². The lowest BCUT2D eigenvalue weighted by Crippen LogP contribution is -2.41. The van der Waals surface area contributed by atoms with E-state index in [1.54, 1.807) is 17.7 Å². The molecule has 4 rings (SSSR count). The minimum absolute atomic E-state index is 0.118. The van der Waals surface area contributed by atoms with Crippen molar-refractivity contribution in [3.8, 4) is 10.4 Å². The first-order valence-corrected chi connectivity index (χ1v) is 10.3. The zero-order valence-electron chi connectivity index (χ0n) is 15.5. The number of carbonyl (C=O) groups excluding carboxylic acids is 1. The molecule has 1 aliphatic rings. The molecule has 5 nitrogen and oxygen atoms in total. The van der Waals surface area contributed by atoms with Crippen LogP contribution in [0.5, 0.6) is 0 Å². The first kappa shape index (κ1) is 17.9. The van der Waals surface area contributed by atoms with Gasteiger partial charge in [-0.3, -0.25) is 4.79 Å². The summed E-state index contributed by atoms with van der Waals surface area (Å²) in [6, 6.07) is 12.7. The lowest BCUT2D eigenvalue weighted by molar-refractivity contribution is -0.130. The topological polar surface area (TPSA) is 58.1 Å². The van der Waals surface area contributed by atoms with Gasteiger partial charge in [0.05, 0.1) is 11.9 Å². The number of benzene rings is 1. The van der Waals surface area contributed by atoms with Crippen LogP contribution in [0.3, 0.4) is 0 Å². The standard InChI is InChI=1S/C21H24N4OS/c1-25(16-10-6-3-7-11-16)19(26)13-22-20-17-12-18(15-8-4-2-5-9-15)27-21(17)24-14-23-20/h2,4-5,8-9,12,14,16H,3,6-7,10-11,13H2,1H3,(H,22,23,24). The number of thiophene rings is 1. The first-order chi connectivity index (χ1) is 13.2. The van der Waals surface area contributed by atoms with E-state index in [1.807, 2.05) is 30.1 Å². The predicted molar refractivity (Wildman–Crippen MR) is 111 cm³/mol. The van der Waals surface area contributed by atoms with Crippen molar-refractivity contribution in [2.24, 2.45) is 0 Å². The second kappa shape index (κ2) is 8.05. The number of aromatic nitrogens is 2. The van der Waals surface area contributed by atoms with E-state index in [-0.39, 0.29) is 12.5 Å². The van der Waals surface area contributed by atoms with Crippen LogP contribution in [0.1, 0.15) is 32.1 Å². The minimum atomic E-state index is 0.118. The highest BCUT2D eigenvalue weighted by molar-refractivity contribution is 7.21. The summed E-state index contributed by atoms with van der Waals surface area (Å²) in [6.45, 7) is 0.260. The summed E-state index contributed by atoms with van der Waals surface area (Å²) in [6.07, 6.45) is 7.53. The molecular formula is C21H24N4OS. The third-order valence-electron chi connectivity index (χ3n) is 5.31. The van der Waals surface area contributed by atoms with Gasteiger partial charge in [0.2, 0.25) is 5.91 Å². The summed E-state index contributed by atoms with van der Waals surface area (Å²) >= 11 is 1.64. The van der Waals surface area contributed by atoms with Gasteiger partial charge < -0.3 is 10.2 Å². The van der Waals surface area contributed by atoms with Crippen LogP contribution in [0.4, 0.5) is 5.82 Å². The smallest absolute Gasteiger partial charge is 0.241 e. The Kier molecular flexibility index (Phi) is 5.34. The second-order valence-electron chi connectivity index (χ2n) is 7.07. The van der Waals surface area contributed by atoms with Crippen molar-refractivity contribution < 1.29 is 4.79 Å².